The maximum atomic E-state index is 6.37. The topological polar surface area (TPSA) is 17.0 Å². The first-order chi connectivity index (χ1) is 13.6. The molecule has 2 heteroatoms. The van der Waals surface area contributed by atoms with E-state index in [1.807, 2.05) is 6.07 Å². The predicted octanol–water partition coefficient (Wildman–Crippen LogP) is 6.36. The van der Waals surface area contributed by atoms with Crippen molar-refractivity contribution in [1.29, 1.82) is 0 Å². The van der Waals surface area contributed by atoms with Gasteiger partial charge in [0, 0.05) is 22.9 Å². The summed E-state index contributed by atoms with van der Waals surface area (Å²) in [5, 5.41) is 2.32. The normalized spacial score (nSPS) is 11.4. The molecule has 2 heterocycles. The fourth-order valence-corrected chi connectivity index (χ4v) is 3.97. The maximum absolute atomic E-state index is 6.37. The van der Waals surface area contributed by atoms with Crippen molar-refractivity contribution < 1.29 is 8.98 Å². The molecule has 136 valence electrons. The van der Waals surface area contributed by atoms with Crippen molar-refractivity contribution in [2.75, 3.05) is 0 Å². The summed E-state index contributed by atoms with van der Waals surface area (Å²) in [5.74, 6) is 0. The first kappa shape index (κ1) is 16.8. The zero-order valence-electron chi connectivity index (χ0n) is 16.4. The molecular formula is C26H22NO+. The first-order valence-electron chi connectivity index (χ1n) is 9.60. The van der Waals surface area contributed by atoms with Crippen LogP contribution in [0.1, 0.15) is 11.1 Å². The van der Waals surface area contributed by atoms with Crippen LogP contribution in [0.5, 0.6) is 0 Å². The molecule has 0 bridgehead atoms. The molecule has 0 amide bonds. The molecular weight excluding hydrogens is 342 g/mol. The van der Waals surface area contributed by atoms with Crippen molar-refractivity contribution in [3.8, 4) is 22.4 Å². The third-order valence-corrected chi connectivity index (χ3v) is 5.54. The van der Waals surface area contributed by atoms with Gasteiger partial charge in [0.05, 0.1) is 5.56 Å². The van der Waals surface area contributed by atoms with E-state index in [-0.39, 0.29) is 0 Å². The van der Waals surface area contributed by atoms with E-state index >= 15 is 0 Å². The molecule has 5 rings (SSSR count). The maximum Gasteiger partial charge on any atom is 0.216 e. The van der Waals surface area contributed by atoms with E-state index in [9.17, 15) is 0 Å². The molecule has 0 saturated heterocycles. The number of aryl methyl sites for hydroxylation is 3. The largest absolute Gasteiger partial charge is 0.455 e. The summed E-state index contributed by atoms with van der Waals surface area (Å²) >= 11 is 0. The number of nitrogens with zero attached hydrogens (tertiary/aromatic N) is 1. The summed E-state index contributed by atoms with van der Waals surface area (Å²) < 4.78 is 8.52. The molecule has 2 aromatic heterocycles. The monoisotopic (exact) mass is 364 g/mol. The molecule has 0 aliphatic rings. The van der Waals surface area contributed by atoms with Crippen LogP contribution >= 0.6 is 0 Å². The Labute approximate surface area is 164 Å². The first-order valence-corrected chi connectivity index (χ1v) is 9.60. The second-order valence-electron chi connectivity index (χ2n) is 7.51. The molecule has 0 aliphatic carbocycles. The van der Waals surface area contributed by atoms with Crippen molar-refractivity contribution in [1.82, 2.24) is 0 Å². The Balaban J connectivity index is 1.78. The highest BCUT2D eigenvalue weighted by Crippen LogP contribution is 2.38. The van der Waals surface area contributed by atoms with Gasteiger partial charge >= 0.3 is 0 Å². The molecule has 0 N–H and O–H groups in total. The highest BCUT2D eigenvalue weighted by atomic mass is 16.3. The number of hydrogen-bond donors (Lipinski definition) is 0. The Morgan fingerprint density at radius 3 is 2.32 bits per heavy atom. The molecule has 0 spiro atoms. The van der Waals surface area contributed by atoms with Crippen LogP contribution in [0, 0.1) is 13.8 Å². The summed E-state index contributed by atoms with van der Waals surface area (Å²) in [6.45, 7) is 4.26. The molecule has 0 radical (unpaired) electrons. The van der Waals surface area contributed by atoms with E-state index in [2.05, 4.69) is 98.4 Å². The third kappa shape index (κ3) is 2.61. The summed E-state index contributed by atoms with van der Waals surface area (Å²) in [7, 11) is 2.08. The summed E-state index contributed by atoms with van der Waals surface area (Å²) in [6.07, 6.45) is 2.08. The van der Waals surface area contributed by atoms with Crippen molar-refractivity contribution in [3.05, 3.63) is 90.1 Å². The van der Waals surface area contributed by atoms with Gasteiger partial charge in [-0.1, -0.05) is 48.0 Å². The number of pyridine rings is 1. The van der Waals surface area contributed by atoms with Crippen molar-refractivity contribution in [2.45, 2.75) is 13.8 Å². The van der Waals surface area contributed by atoms with Crippen molar-refractivity contribution in [2.24, 2.45) is 7.05 Å². The molecule has 0 saturated carbocycles. The van der Waals surface area contributed by atoms with Crippen LogP contribution in [0.25, 0.3) is 44.3 Å². The van der Waals surface area contributed by atoms with E-state index in [1.54, 1.807) is 0 Å². The Morgan fingerprint density at radius 2 is 1.54 bits per heavy atom. The van der Waals surface area contributed by atoms with E-state index in [4.69, 9.17) is 4.42 Å². The minimum absolute atomic E-state index is 0.927. The lowest BCUT2D eigenvalue weighted by Crippen LogP contribution is -2.30. The van der Waals surface area contributed by atoms with E-state index in [0.29, 0.717) is 0 Å². The molecule has 3 aromatic carbocycles. The summed E-state index contributed by atoms with van der Waals surface area (Å²) in [5.41, 5.74) is 9.12. The third-order valence-electron chi connectivity index (χ3n) is 5.54. The van der Waals surface area contributed by atoms with E-state index in [0.717, 1.165) is 33.2 Å². The van der Waals surface area contributed by atoms with Gasteiger partial charge in [-0.2, -0.15) is 0 Å². The smallest absolute Gasteiger partial charge is 0.216 e. The number of aromatic nitrogens is 1. The standard InChI is InChI=1S/C26H22NO/c1-17-7-10-19(11-8-17)20-12-14-24-22(16-20)21-13-9-18(2)25(26(21)28-24)23-6-4-5-15-27(23)3/h4-16H,1-3H3/q+1. The van der Waals surface area contributed by atoms with Gasteiger partial charge in [-0.25, -0.2) is 4.57 Å². The van der Waals surface area contributed by atoms with Crippen LogP contribution < -0.4 is 4.57 Å². The number of rotatable bonds is 2. The lowest BCUT2D eigenvalue weighted by atomic mass is 9.99. The number of benzene rings is 3. The van der Waals surface area contributed by atoms with Gasteiger partial charge < -0.3 is 4.42 Å². The fourth-order valence-electron chi connectivity index (χ4n) is 3.97. The van der Waals surface area contributed by atoms with Crippen LogP contribution in [0.4, 0.5) is 0 Å². The zero-order chi connectivity index (χ0) is 19.3. The molecule has 28 heavy (non-hydrogen) atoms. The zero-order valence-corrected chi connectivity index (χ0v) is 16.4. The Bertz CT molecular complexity index is 1330. The Morgan fingerprint density at radius 1 is 0.750 bits per heavy atom. The molecule has 0 aliphatic heterocycles. The molecule has 2 nitrogen and oxygen atoms in total. The molecule has 0 unspecified atom stereocenters. The lowest BCUT2D eigenvalue weighted by molar-refractivity contribution is -0.660. The van der Waals surface area contributed by atoms with Gasteiger partial charge in [0.15, 0.2) is 6.20 Å². The van der Waals surface area contributed by atoms with Crippen molar-refractivity contribution >= 4 is 21.9 Å². The van der Waals surface area contributed by atoms with Gasteiger partial charge in [0.1, 0.15) is 18.2 Å². The van der Waals surface area contributed by atoms with Crippen LogP contribution in [-0.2, 0) is 7.05 Å². The Kier molecular flexibility index (Phi) is 3.80. The van der Waals surface area contributed by atoms with Gasteiger partial charge in [-0.05, 0) is 48.7 Å². The number of fused-ring (bicyclic) bond motifs is 3. The molecule has 0 fully saturated rings. The van der Waals surface area contributed by atoms with Crippen LogP contribution in [0.3, 0.4) is 0 Å². The number of hydrogen-bond acceptors (Lipinski definition) is 1. The van der Waals surface area contributed by atoms with Gasteiger partial charge in [0.2, 0.25) is 5.69 Å². The Hall–Kier alpha value is -3.39. The lowest BCUT2D eigenvalue weighted by Gasteiger charge is -2.05. The van der Waals surface area contributed by atoms with Crippen LogP contribution in [0.2, 0.25) is 0 Å². The molecule has 0 atom stereocenters. The minimum Gasteiger partial charge on any atom is -0.455 e. The highest BCUT2D eigenvalue weighted by Gasteiger charge is 2.20. The SMILES string of the molecule is Cc1ccc(-c2ccc3oc4c(-c5cccc[n+]5C)c(C)ccc4c3c2)cc1. The second-order valence-corrected chi connectivity index (χ2v) is 7.51. The van der Waals surface area contributed by atoms with Crippen LogP contribution in [0.15, 0.2) is 83.4 Å². The van der Waals surface area contributed by atoms with E-state index in [1.165, 1.54) is 22.3 Å². The van der Waals surface area contributed by atoms with Gasteiger partial charge in [-0.3, -0.25) is 0 Å². The quantitative estimate of drug-likeness (QED) is 0.333. The summed E-state index contributed by atoms with van der Waals surface area (Å²) in [4.78, 5) is 0. The average molecular weight is 364 g/mol. The van der Waals surface area contributed by atoms with E-state index < -0.39 is 0 Å². The van der Waals surface area contributed by atoms with Crippen molar-refractivity contribution in [3.63, 3.8) is 0 Å². The van der Waals surface area contributed by atoms with Gasteiger partial charge in [0.25, 0.3) is 0 Å². The predicted molar refractivity (Wildman–Crippen MR) is 115 cm³/mol. The molecule has 5 aromatic rings. The second kappa shape index (κ2) is 6.35. The van der Waals surface area contributed by atoms with Crippen LogP contribution in [-0.4, -0.2) is 0 Å². The summed E-state index contributed by atoms with van der Waals surface area (Å²) in [6, 6.07) is 25.8. The van der Waals surface area contributed by atoms with Gasteiger partial charge in [-0.15, -0.1) is 0 Å². The fraction of sp³-hybridized carbons (Fsp3) is 0.115. The average Bonchev–Trinajstić information content (AvgIpc) is 3.07. The number of furan rings is 1. The minimum atomic E-state index is 0.927. The highest BCUT2D eigenvalue weighted by molar-refractivity contribution is 6.10.